The first kappa shape index (κ1) is 14.4. The number of carbonyl (C=O) groups excluding carboxylic acids is 1. The summed E-state index contributed by atoms with van der Waals surface area (Å²) in [6.07, 6.45) is 0.288. The van der Waals surface area contributed by atoms with Gasteiger partial charge in [0.1, 0.15) is 0 Å². The molecule has 100 valence electrons. The van der Waals surface area contributed by atoms with E-state index in [-0.39, 0.29) is 18.1 Å². The van der Waals surface area contributed by atoms with E-state index in [1.807, 2.05) is 18.7 Å². The van der Waals surface area contributed by atoms with Crippen molar-refractivity contribution < 1.29 is 9.53 Å². The summed E-state index contributed by atoms with van der Waals surface area (Å²) >= 11 is 0. The molecule has 0 unspecified atom stereocenters. The maximum Gasteiger partial charge on any atom is 0.239 e. The van der Waals surface area contributed by atoms with Gasteiger partial charge in [0, 0.05) is 32.7 Å². The smallest absolute Gasteiger partial charge is 0.239 e. The van der Waals surface area contributed by atoms with Crippen molar-refractivity contribution in [2.75, 3.05) is 39.3 Å². The van der Waals surface area contributed by atoms with Crippen LogP contribution >= 0.6 is 0 Å². The summed E-state index contributed by atoms with van der Waals surface area (Å²) in [7, 11) is 0. The molecule has 2 N–H and O–H groups in total. The van der Waals surface area contributed by atoms with Crippen LogP contribution in [-0.2, 0) is 9.53 Å². The highest BCUT2D eigenvalue weighted by atomic mass is 16.5. The van der Waals surface area contributed by atoms with Crippen LogP contribution in [-0.4, -0.2) is 67.2 Å². The standard InChI is InChI=1S/C12H25N3O2/c1-10(2)17-9-8-14-4-6-15(7-5-14)12(16)11(3)13/h10-11H,4-9,13H2,1-3H3/t11-/m1/s1. The van der Waals surface area contributed by atoms with E-state index in [0.717, 1.165) is 39.3 Å². The first-order valence-electron chi connectivity index (χ1n) is 6.39. The molecule has 0 aromatic carbocycles. The Morgan fingerprint density at radius 2 is 1.82 bits per heavy atom. The Kier molecular flexibility index (Phi) is 5.88. The van der Waals surface area contributed by atoms with Gasteiger partial charge >= 0.3 is 0 Å². The van der Waals surface area contributed by atoms with Gasteiger partial charge in [-0.1, -0.05) is 0 Å². The Balaban J connectivity index is 2.19. The molecule has 1 amide bonds. The predicted molar refractivity (Wildman–Crippen MR) is 67.8 cm³/mol. The van der Waals surface area contributed by atoms with Crippen LogP contribution in [0.1, 0.15) is 20.8 Å². The molecule has 0 saturated carbocycles. The summed E-state index contributed by atoms with van der Waals surface area (Å²) in [6, 6.07) is -0.383. The average molecular weight is 243 g/mol. The fourth-order valence-electron chi connectivity index (χ4n) is 1.90. The van der Waals surface area contributed by atoms with Gasteiger partial charge in [0.25, 0.3) is 0 Å². The molecule has 5 nitrogen and oxygen atoms in total. The van der Waals surface area contributed by atoms with Gasteiger partial charge < -0.3 is 15.4 Å². The van der Waals surface area contributed by atoms with E-state index < -0.39 is 0 Å². The van der Waals surface area contributed by atoms with Gasteiger partial charge in [-0.2, -0.15) is 0 Å². The van der Waals surface area contributed by atoms with E-state index in [9.17, 15) is 4.79 Å². The fraction of sp³-hybridized carbons (Fsp3) is 0.917. The number of carbonyl (C=O) groups is 1. The SMILES string of the molecule is CC(C)OCCN1CCN(C(=O)[C@@H](C)N)CC1. The molecular formula is C12H25N3O2. The third-order valence-electron chi connectivity index (χ3n) is 2.93. The zero-order chi connectivity index (χ0) is 12.8. The third kappa shape index (κ3) is 5.02. The lowest BCUT2D eigenvalue weighted by atomic mass is 10.2. The van der Waals surface area contributed by atoms with Crippen molar-refractivity contribution in [3.05, 3.63) is 0 Å². The lowest BCUT2D eigenvalue weighted by Crippen LogP contribution is -2.52. The number of nitrogens with zero attached hydrogens (tertiary/aromatic N) is 2. The van der Waals surface area contributed by atoms with Crippen LogP contribution in [0.3, 0.4) is 0 Å². The van der Waals surface area contributed by atoms with Crippen molar-refractivity contribution in [1.29, 1.82) is 0 Å². The summed E-state index contributed by atoms with van der Waals surface area (Å²) in [5.41, 5.74) is 5.59. The van der Waals surface area contributed by atoms with Gasteiger partial charge in [-0.3, -0.25) is 9.69 Å². The number of rotatable bonds is 5. The highest BCUT2D eigenvalue weighted by molar-refractivity contribution is 5.81. The van der Waals surface area contributed by atoms with Crippen molar-refractivity contribution >= 4 is 5.91 Å². The van der Waals surface area contributed by atoms with Crippen molar-refractivity contribution in [1.82, 2.24) is 9.80 Å². The first-order chi connectivity index (χ1) is 8.00. The normalized spacial score (nSPS) is 19.7. The topological polar surface area (TPSA) is 58.8 Å². The number of hydrogen-bond donors (Lipinski definition) is 1. The zero-order valence-corrected chi connectivity index (χ0v) is 11.2. The minimum Gasteiger partial charge on any atom is -0.377 e. The van der Waals surface area contributed by atoms with Crippen molar-refractivity contribution in [2.24, 2.45) is 5.73 Å². The summed E-state index contributed by atoms with van der Waals surface area (Å²) in [5, 5.41) is 0. The second-order valence-corrected chi connectivity index (χ2v) is 4.88. The average Bonchev–Trinajstić information content (AvgIpc) is 2.28. The lowest BCUT2D eigenvalue weighted by Gasteiger charge is -2.35. The molecule has 0 radical (unpaired) electrons. The minimum absolute atomic E-state index is 0.0584. The number of piperazine rings is 1. The Bertz CT molecular complexity index is 236. The van der Waals surface area contributed by atoms with Crippen molar-refractivity contribution in [3.63, 3.8) is 0 Å². The number of ether oxygens (including phenoxy) is 1. The predicted octanol–water partition coefficient (Wildman–Crippen LogP) is -0.0972. The molecule has 1 aliphatic heterocycles. The van der Waals surface area contributed by atoms with E-state index >= 15 is 0 Å². The molecule has 1 rings (SSSR count). The van der Waals surface area contributed by atoms with Crippen LogP contribution in [0.25, 0.3) is 0 Å². The largest absolute Gasteiger partial charge is 0.377 e. The van der Waals surface area contributed by atoms with E-state index in [1.165, 1.54) is 0 Å². The summed E-state index contributed by atoms with van der Waals surface area (Å²) in [5.74, 6) is 0.0584. The molecule has 0 aliphatic carbocycles. The van der Waals surface area contributed by atoms with E-state index in [0.29, 0.717) is 0 Å². The summed E-state index contributed by atoms with van der Waals surface area (Å²) in [4.78, 5) is 15.8. The number of nitrogens with two attached hydrogens (primary N) is 1. The van der Waals surface area contributed by atoms with Crippen LogP contribution in [0.2, 0.25) is 0 Å². The molecule has 0 bridgehead atoms. The molecule has 1 aliphatic rings. The number of amides is 1. The maximum absolute atomic E-state index is 11.7. The zero-order valence-electron chi connectivity index (χ0n) is 11.2. The molecule has 0 spiro atoms. The fourth-order valence-corrected chi connectivity index (χ4v) is 1.90. The van der Waals surface area contributed by atoms with Crippen LogP contribution in [0.5, 0.6) is 0 Å². The van der Waals surface area contributed by atoms with Crippen LogP contribution in [0, 0.1) is 0 Å². The van der Waals surface area contributed by atoms with Crippen LogP contribution in [0.4, 0.5) is 0 Å². The van der Waals surface area contributed by atoms with E-state index in [2.05, 4.69) is 4.90 Å². The molecule has 0 aromatic rings. The van der Waals surface area contributed by atoms with Crippen molar-refractivity contribution in [2.45, 2.75) is 32.9 Å². The molecule has 1 fully saturated rings. The van der Waals surface area contributed by atoms with Gasteiger partial charge in [0.15, 0.2) is 0 Å². The second-order valence-electron chi connectivity index (χ2n) is 4.88. The quantitative estimate of drug-likeness (QED) is 0.733. The second kappa shape index (κ2) is 6.93. The lowest BCUT2D eigenvalue weighted by molar-refractivity contribution is -0.134. The van der Waals surface area contributed by atoms with Crippen LogP contribution in [0.15, 0.2) is 0 Å². The molecule has 5 heteroatoms. The maximum atomic E-state index is 11.7. The van der Waals surface area contributed by atoms with Gasteiger partial charge in [-0.15, -0.1) is 0 Å². The molecule has 1 heterocycles. The molecule has 1 saturated heterocycles. The molecule has 1 atom stereocenters. The minimum atomic E-state index is -0.383. The molecule has 0 aromatic heterocycles. The summed E-state index contributed by atoms with van der Waals surface area (Å²) in [6.45, 7) is 10.9. The summed E-state index contributed by atoms with van der Waals surface area (Å²) < 4.78 is 5.51. The highest BCUT2D eigenvalue weighted by Crippen LogP contribution is 2.03. The first-order valence-corrected chi connectivity index (χ1v) is 6.39. The van der Waals surface area contributed by atoms with Crippen molar-refractivity contribution in [3.8, 4) is 0 Å². The molecular weight excluding hydrogens is 218 g/mol. The number of hydrogen-bond acceptors (Lipinski definition) is 4. The third-order valence-corrected chi connectivity index (χ3v) is 2.93. The van der Waals surface area contributed by atoms with Crippen LogP contribution < -0.4 is 5.73 Å². The van der Waals surface area contributed by atoms with E-state index in [4.69, 9.17) is 10.5 Å². The van der Waals surface area contributed by atoms with Gasteiger partial charge in [0.05, 0.1) is 18.8 Å². The Labute approximate surface area is 104 Å². The Hall–Kier alpha value is -0.650. The van der Waals surface area contributed by atoms with Gasteiger partial charge in [-0.05, 0) is 20.8 Å². The van der Waals surface area contributed by atoms with Gasteiger partial charge in [-0.25, -0.2) is 0 Å². The monoisotopic (exact) mass is 243 g/mol. The Morgan fingerprint density at radius 3 is 2.29 bits per heavy atom. The molecule has 17 heavy (non-hydrogen) atoms. The van der Waals surface area contributed by atoms with Gasteiger partial charge in [0.2, 0.25) is 5.91 Å². The van der Waals surface area contributed by atoms with E-state index in [1.54, 1.807) is 6.92 Å². The Morgan fingerprint density at radius 1 is 1.24 bits per heavy atom. The highest BCUT2D eigenvalue weighted by Gasteiger charge is 2.22.